The van der Waals surface area contributed by atoms with E-state index in [1.54, 1.807) is 31.3 Å². The van der Waals surface area contributed by atoms with Gasteiger partial charge in [0.25, 0.3) is 5.91 Å². The highest BCUT2D eigenvalue weighted by molar-refractivity contribution is 6.04. The van der Waals surface area contributed by atoms with E-state index in [0.29, 0.717) is 17.1 Å². The number of benzene rings is 2. The van der Waals surface area contributed by atoms with E-state index >= 15 is 0 Å². The van der Waals surface area contributed by atoms with Gasteiger partial charge in [-0.2, -0.15) is 0 Å². The standard InChI is InChI=1S/C22H26N2O4/c1-5-14(2)23-21(25)20-17-8-6-7-9-18(17)22(26)24(20)13-15-10-11-16(27-3)12-19(15)28-4/h6-12,14,20H,5,13H2,1-4H3,(H,23,25)/t14-,20+/m1/s1. The molecule has 1 N–H and O–H groups in total. The fourth-order valence-corrected chi connectivity index (χ4v) is 3.41. The van der Waals surface area contributed by atoms with Gasteiger partial charge in [-0.05, 0) is 37.1 Å². The summed E-state index contributed by atoms with van der Waals surface area (Å²) in [6, 6.07) is 12.1. The maximum atomic E-state index is 13.1. The SMILES string of the molecule is CC[C@@H](C)NC(=O)[C@@H]1c2ccccc2C(=O)N1Cc1ccc(OC)cc1OC. The Morgan fingerprint density at radius 3 is 2.61 bits per heavy atom. The van der Waals surface area contributed by atoms with E-state index in [4.69, 9.17) is 9.47 Å². The minimum atomic E-state index is -0.662. The first-order valence-electron chi connectivity index (χ1n) is 9.41. The van der Waals surface area contributed by atoms with Crippen molar-refractivity contribution in [3.63, 3.8) is 0 Å². The zero-order chi connectivity index (χ0) is 20.3. The van der Waals surface area contributed by atoms with E-state index in [2.05, 4.69) is 5.32 Å². The molecule has 0 aromatic heterocycles. The maximum Gasteiger partial charge on any atom is 0.255 e. The van der Waals surface area contributed by atoms with Crippen LogP contribution in [0, 0.1) is 0 Å². The van der Waals surface area contributed by atoms with Crippen LogP contribution in [0.1, 0.15) is 47.8 Å². The van der Waals surface area contributed by atoms with Crippen LogP contribution in [0.4, 0.5) is 0 Å². The molecule has 6 nitrogen and oxygen atoms in total. The number of nitrogens with one attached hydrogen (secondary N) is 1. The molecule has 0 saturated heterocycles. The van der Waals surface area contributed by atoms with Crippen molar-refractivity contribution in [1.82, 2.24) is 10.2 Å². The number of carbonyl (C=O) groups excluding carboxylic acids is 2. The lowest BCUT2D eigenvalue weighted by Crippen LogP contribution is -2.42. The highest BCUT2D eigenvalue weighted by atomic mass is 16.5. The number of ether oxygens (including phenoxy) is 2. The summed E-state index contributed by atoms with van der Waals surface area (Å²) < 4.78 is 10.7. The molecule has 1 aliphatic heterocycles. The van der Waals surface area contributed by atoms with Gasteiger partial charge in [0, 0.05) is 23.2 Å². The van der Waals surface area contributed by atoms with Gasteiger partial charge in [-0.15, -0.1) is 0 Å². The minimum absolute atomic E-state index is 0.0349. The van der Waals surface area contributed by atoms with Crippen LogP contribution in [0.15, 0.2) is 42.5 Å². The zero-order valence-corrected chi connectivity index (χ0v) is 16.7. The molecule has 3 rings (SSSR count). The average molecular weight is 382 g/mol. The van der Waals surface area contributed by atoms with Gasteiger partial charge >= 0.3 is 0 Å². The second-order valence-corrected chi connectivity index (χ2v) is 6.92. The topological polar surface area (TPSA) is 67.9 Å². The van der Waals surface area contributed by atoms with E-state index < -0.39 is 6.04 Å². The van der Waals surface area contributed by atoms with Gasteiger partial charge in [0.2, 0.25) is 5.91 Å². The Morgan fingerprint density at radius 2 is 1.93 bits per heavy atom. The van der Waals surface area contributed by atoms with Gasteiger partial charge in [0.1, 0.15) is 17.5 Å². The van der Waals surface area contributed by atoms with Crippen LogP contribution in [0.3, 0.4) is 0 Å². The first-order valence-corrected chi connectivity index (χ1v) is 9.41. The number of hydrogen-bond donors (Lipinski definition) is 1. The summed E-state index contributed by atoms with van der Waals surface area (Å²) in [5, 5.41) is 3.01. The molecule has 2 atom stereocenters. The monoisotopic (exact) mass is 382 g/mol. The number of rotatable bonds is 7. The third kappa shape index (κ3) is 3.67. The van der Waals surface area contributed by atoms with Crippen LogP contribution in [0.5, 0.6) is 11.5 Å². The van der Waals surface area contributed by atoms with E-state index in [9.17, 15) is 9.59 Å². The van der Waals surface area contributed by atoms with Crippen LogP contribution < -0.4 is 14.8 Å². The summed E-state index contributed by atoms with van der Waals surface area (Å²) in [5.41, 5.74) is 2.12. The molecule has 2 aromatic rings. The van der Waals surface area contributed by atoms with Crippen LogP contribution >= 0.6 is 0 Å². The molecule has 0 spiro atoms. The van der Waals surface area contributed by atoms with Gasteiger partial charge < -0.3 is 19.7 Å². The fourth-order valence-electron chi connectivity index (χ4n) is 3.41. The number of amides is 2. The summed E-state index contributed by atoms with van der Waals surface area (Å²) >= 11 is 0. The van der Waals surface area contributed by atoms with E-state index in [1.165, 1.54) is 0 Å². The lowest BCUT2D eigenvalue weighted by Gasteiger charge is -2.26. The summed E-state index contributed by atoms with van der Waals surface area (Å²) in [5.74, 6) is 0.963. The van der Waals surface area contributed by atoms with E-state index in [1.807, 2.05) is 44.2 Å². The first-order chi connectivity index (χ1) is 13.5. The number of fused-ring (bicyclic) bond motifs is 1. The van der Waals surface area contributed by atoms with Crippen molar-refractivity contribution in [2.45, 2.75) is 38.9 Å². The summed E-state index contributed by atoms with van der Waals surface area (Å²) in [6.45, 7) is 4.23. The summed E-state index contributed by atoms with van der Waals surface area (Å²) in [6.07, 6.45) is 0.820. The Morgan fingerprint density at radius 1 is 1.18 bits per heavy atom. The number of hydrogen-bond acceptors (Lipinski definition) is 4. The molecule has 0 saturated carbocycles. The van der Waals surface area contributed by atoms with Crippen molar-refractivity contribution < 1.29 is 19.1 Å². The first kappa shape index (κ1) is 19.7. The smallest absolute Gasteiger partial charge is 0.255 e. The highest BCUT2D eigenvalue weighted by Gasteiger charge is 2.41. The lowest BCUT2D eigenvalue weighted by molar-refractivity contribution is -0.126. The molecule has 28 heavy (non-hydrogen) atoms. The molecule has 0 aliphatic carbocycles. The summed E-state index contributed by atoms with van der Waals surface area (Å²) in [7, 11) is 3.16. The quantitative estimate of drug-likeness (QED) is 0.798. The Hall–Kier alpha value is -3.02. The Labute approximate surface area is 165 Å². The number of nitrogens with zero attached hydrogens (tertiary/aromatic N) is 1. The molecule has 1 aliphatic rings. The van der Waals surface area contributed by atoms with Crippen LogP contribution in [-0.4, -0.2) is 37.0 Å². The van der Waals surface area contributed by atoms with Gasteiger partial charge in [0.15, 0.2) is 0 Å². The van der Waals surface area contributed by atoms with Crippen LogP contribution in [0.25, 0.3) is 0 Å². The number of carbonyl (C=O) groups is 2. The van der Waals surface area contributed by atoms with Crippen molar-refractivity contribution >= 4 is 11.8 Å². The van der Waals surface area contributed by atoms with Gasteiger partial charge in [0.05, 0.1) is 20.8 Å². The second-order valence-electron chi connectivity index (χ2n) is 6.92. The average Bonchev–Trinajstić information content (AvgIpc) is 3.00. The number of methoxy groups -OCH3 is 2. The fraction of sp³-hybridized carbons (Fsp3) is 0.364. The molecule has 148 valence electrons. The zero-order valence-electron chi connectivity index (χ0n) is 16.7. The molecule has 1 heterocycles. The Balaban J connectivity index is 1.96. The predicted molar refractivity (Wildman–Crippen MR) is 106 cm³/mol. The van der Waals surface area contributed by atoms with Gasteiger partial charge in [-0.1, -0.05) is 25.1 Å². The third-order valence-corrected chi connectivity index (χ3v) is 5.14. The molecule has 2 amide bonds. The predicted octanol–water partition coefficient (Wildman–Crippen LogP) is 3.32. The molecule has 0 unspecified atom stereocenters. The van der Waals surface area contributed by atoms with Gasteiger partial charge in [-0.3, -0.25) is 9.59 Å². The molecule has 0 radical (unpaired) electrons. The molecule has 6 heteroatoms. The molecular weight excluding hydrogens is 356 g/mol. The van der Waals surface area contributed by atoms with Gasteiger partial charge in [-0.25, -0.2) is 0 Å². The maximum absolute atomic E-state index is 13.1. The highest BCUT2D eigenvalue weighted by Crippen LogP contribution is 2.37. The van der Waals surface area contributed by atoms with E-state index in [0.717, 1.165) is 17.5 Å². The Kier molecular flexibility index (Phi) is 5.87. The third-order valence-electron chi connectivity index (χ3n) is 5.14. The van der Waals surface area contributed by atoms with Crippen LogP contribution in [-0.2, 0) is 11.3 Å². The van der Waals surface area contributed by atoms with E-state index in [-0.39, 0.29) is 24.4 Å². The van der Waals surface area contributed by atoms with Crippen molar-refractivity contribution in [2.75, 3.05) is 14.2 Å². The molecular formula is C22H26N2O4. The summed E-state index contributed by atoms with van der Waals surface area (Å²) in [4.78, 5) is 27.7. The van der Waals surface area contributed by atoms with Crippen molar-refractivity contribution in [1.29, 1.82) is 0 Å². The van der Waals surface area contributed by atoms with Crippen molar-refractivity contribution in [3.8, 4) is 11.5 Å². The second kappa shape index (κ2) is 8.33. The lowest BCUT2D eigenvalue weighted by atomic mass is 10.0. The minimum Gasteiger partial charge on any atom is -0.497 e. The molecule has 0 bridgehead atoms. The molecule has 0 fully saturated rings. The largest absolute Gasteiger partial charge is 0.497 e. The van der Waals surface area contributed by atoms with Crippen LogP contribution in [0.2, 0.25) is 0 Å². The Bertz CT molecular complexity index is 881. The van der Waals surface area contributed by atoms with Crippen molar-refractivity contribution in [2.24, 2.45) is 0 Å². The normalized spacial score (nSPS) is 16.5. The molecule has 2 aromatic carbocycles. The van der Waals surface area contributed by atoms with Crippen molar-refractivity contribution in [3.05, 3.63) is 59.2 Å².